The van der Waals surface area contributed by atoms with Crippen molar-refractivity contribution in [3.05, 3.63) is 76.9 Å². The molecule has 0 bridgehead atoms. The number of ether oxygens (including phenoxy) is 2. The van der Waals surface area contributed by atoms with Crippen LogP contribution in [-0.4, -0.2) is 36.2 Å². The number of carboxylic acids is 1. The number of methoxy groups -OCH3 is 2. The lowest BCUT2D eigenvalue weighted by Gasteiger charge is -2.19. The first kappa shape index (κ1) is 22.1. The average molecular weight is 441 g/mol. The van der Waals surface area contributed by atoms with Crippen LogP contribution in [0.15, 0.2) is 60.7 Å². The molecule has 1 amide bonds. The van der Waals surface area contributed by atoms with Gasteiger partial charge < -0.3 is 19.9 Å². The van der Waals surface area contributed by atoms with Crippen LogP contribution < -0.4 is 14.8 Å². The fourth-order valence-electron chi connectivity index (χ4n) is 3.17. The van der Waals surface area contributed by atoms with E-state index >= 15 is 0 Å². The smallest absolute Gasteiger partial charge is 0.305 e. The molecule has 0 aliphatic carbocycles. The number of hydrogen-bond donors (Lipinski definition) is 2. The van der Waals surface area contributed by atoms with Crippen molar-refractivity contribution in [3.8, 4) is 22.8 Å². The molecule has 0 aliphatic heterocycles. The van der Waals surface area contributed by atoms with E-state index in [-0.39, 0.29) is 12.1 Å². The fourth-order valence-corrected chi connectivity index (χ4v) is 3.44. The van der Waals surface area contributed by atoms with Gasteiger partial charge in [-0.3, -0.25) is 9.59 Å². The maximum atomic E-state index is 13.0. The van der Waals surface area contributed by atoms with E-state index in [1.54, 1.807) is 43.5 Å². The molecule has 31 heavy (non-hydrogen) atoms. The summed E-state index contributed by atoms with van der Waals surface area (Å²) in [4.78, 5) is 28.8. The Morgan fingerprint density at radius 3 is 2.35 bits per heavy atom. The highest BCUT2D eigenvalue weighted by Crippen LogP contribution is 2.35. The average Bonchev–Trinajstić information content (AvgIpc) is 2.78. The summed E-state index contributed by atoms with van der Waals surface area (Å²) in [5, 5.41) is 12.4. The van der Waals surface area contributed by atoms with E-state index in [9.17, 15) is 14.7 Å². The number of nitrogens with zero attached hydrogens (tertiary/aromatic N) is 1. The number of nitrogens with one attached hydrogen (secondary N) is 1. The van der Waals surface area contributed by atoms with Crippen molar-refractivity contribution >= 4 is 23.5 Å². The summed E-state index contributed by atoms with van der Waals surface area (Å²) < 4.78 is 10.8. The molecule has 160 valence electrons. The number of aliphatic carboxylic acids is 1. The third-order valence-electron chi connectivity index (χ3n) is 4.64. The Balaban J connectivity index is 1.97. The van der Waals surface area contributed by atoms with E-state index < -0.39 is 17.9 Å². The molecule has 3 aromatic rings. The van der Waals surface area contributed by atoms with Crippen LogP contribution >= 0.6 is 11.6 Å². The van der Waals surface area contributed by atoms with Gasteiger partial charge in [0, 0.05) is 10.6 Å². The zero-order chi connectivity index (χ0) is 22.4. The zero-order valence-corrected chi connectivity index (χ0v) is 17.7. The van der Waals surface area contributed by atoms with Gasteiger partial charge in [-0.05, 0) is 35.9 Å². The summed E-state index contributed by atoms with van der Waals surface area (Å²) in [6.07, 6.45) is -0.328. The number of para-hydroxylation sites is 1. The van der Waals surface area contributed by atoms with Crippen molar-refractivity contribution in [2.45, 2.75) is 12.5 Å². The second kappa shape index (κ2) is 9.95. The van der Waals surface area contributed by atoms with Gasteiger partial charge in [0.15, 0.2) is 0 Å². The van der Waals surface area contributed by atoms with Gasteiger partial charge in [-0.2, -0.15) is 0 Å². The molecule has 7 nitrogen and oxygen atoms in total. The molecule has 2 aromatic carbocycles. The highest BCUT2D eigenvalue weighted by atomic mass is 35.5. The topological polar surface area (TPSA) is 97.8 Å². The first-order valence-electron chi connectivity index (χ1n) is 9.40. The monoisotopic (exact) mass is 440 g/mol. The molecule has 0 fully saturated rings. The first-order valence-corrected chi connectivity index (χ1v) is 9.78. The van der Waals surface area contributed by atoms with E-state index in [2.05, 4.69) is 10.3 Å². The normalized spacial score (nSPS) is 11.5. The lowest BCUT2D eigenvalue weighted by Crippen LogP contribution is -2.31. The number of pyridine rings is 1. The quantitative estimate of drug-likeness (QED) is 0.540. The van der Waals surface area contributed by atoms with Crippen molar-refractivity contribution in [1.82, 2.24) is 10.3 Å². The Morgan fingerprint density at radius 1 is 1.00 bits per heavy atom. The predicted molar refractivity (Wildman–Crippen MR) is 117 cm³/mol. The van der Waals surface area contributed by atoms with Crippen LogP contribution in [0.1, 0.15) is 28.5 Å². The third kappa shape index (κ3) is 5.13. The number of halogens is 1. The number of carbonyl (C=O) groups excluding carboxylic acids is 1. The number of hydrogen-bond acceptors (Lipinski definition) is 5. The molecule has 3 rings (SSSR count). The van der Waals surface area contributed by atoms with Gasteiger partial charge in [-0.15, -0.1) is 0 Å². The lowest BCUT2D eigenvalue weighted by atomic mass is 10.0. The number of amides is 1. The molecule has 1 unspecified atom stereocenters. The number of aromatic nitrogens is 1. The van der Waals surface area contributed by atoms with Crippen LogP contribution in [0.5, 0.6) is 11.5 Å². The SMILES string of the molecule is COc1ccccc1-c1nc(C(=O)NC(CC(=O)O)c2ccccc2Cl)ccc1OC. The Morgan fingerprint density at radius 2 is 1.68 bits per heavy atom. The second-order valence-electron chi connectivity index (χ2n) is 6.59. The maximum Gasteiger partial charge on any atom is 0.305 e. The van der Waals surface area contributed by atoms with Gasteiger partial charge in [0.25, 0.3) is 5.91 Å². The number of carbonyl (C=O) groups is 2. The van der Waals surface area contributed by atoms with Gasteiger partial charge in [0.05, 0.1) is 26.7 Å². The van der Waals surface area contributed by atoms with Gasteiger partial charge >= 0.3 is 5.97 Å². The molecule has 0 aliphatic rings. The van der Waals surface area contributed by atoms with Crippen LogP contribution in [0.3, 0.4) is 0 Å². The van der Waals surface area contributed by atoms with Gasteiger partial charge in [0.1, 0.15) is 22.9 Å². The van der Waals surface area contributed by atoms with E-state index in [1.165, 1.54) is 13.2 Å². The molecule has 8 heteroatoms. The summed E-state index contributed by atoms with van der Waals surface area (Å²) in [6, 6.07) is 16.3. The Kier molecular flexibility index (Phi) is 7.10. The Hall–Kier alpha value is -3.58. The largest absolute Gasteiger partial charge is 0.496 e. The first-order chi connectivity index (χ1) is 14.9. The van der Waals surface area contributed by atoms with Crippen LogP contribution in [-0.2, 0) is 4.79 Å². The molecule has 2 N–H and O–H groups in total. The third-order valence-corrected chi connectivity index (χ3v) is 4.98. The summed E-state index contributed by atoms with van der Waals surface area (Å²) >= 11 is 6.22. The minimum atomic E-state index is -1.07. The molecule has 1 atom stereocenters. The van der Waals surface area contributed by atoms with E-state index in [4.69, 9.17) is 21.1 Å². The van der Waals surface area contributed by atoms with Crippen LogP contribution in [0.4, 0.5) is 0 Å². The fraction of sp³-hybridized carbons (Fsp3) is 0.174. The van der Waals surface area contributed by atoms with E-state index in [1.807, 2.05) is 18.2 Å². The minimum Gasteiger partial charge on any atom is -0.496 e. The van der Waals surface area contributed by atoms with Gasteiger partial charge in [-0.25, -0.2) is 4.98 Å². The molecular weight excluding hydrogens is 420 g/mol. The summed E-state index contributed by atoms with van der Waals surface area (Å²) in [7, 11) is 3.05. The molecule has 0 spiro atoms. The van der Waals surface area contributed by atoms with Crippen molar-refractivity contribution < 1.29 is 24.2 Å². The Bertz CT molecular complexity index is 1100. The van der Waals surface area contributed by atoms with Crippen molar-refractivity contribution in [3.63, 3.8) is 0 Å². The Labute approximate surface area is 184 Å². The van der Waals surface area contributed by atoms with Crippen LogP contribution in [0.25, 0.3) is 11.3 Å². The highest BCUT2D eigenvalue weighted by molar-refractivity contribution is 6.31. The highest BCUT2D eigenvalue weighted by Gasteiger charge is 2.23. The number of benzene rings is 2. The van der Waals surface area contributed by atoms with Gasteiger partial charge in [0.2, 0.25) is 0 Å². The molecule has 1 heterocycles. The van der Waals surface area contributed by atoms with E-state index in [0.717, 1.165) is 0 Å². The van der Waals surface area contributed by atoms with Crippen molar-refractivity contribution in [2.24, 2.45) is 0 Å². The second-order valence-corrected chi connectivity index (χ2v) is 7.00. The van der Waals surface area contributed by atoms with Crippen LogP contribution in [0, 0.1) is 0 Å². The lowest BCUT2D eigenvalue weighted by molar-refractivity contribution is -0.137. The molecule has 0 radical (unpaired) electrons. The van der Waals surface area contributed by atoms with E-state index in [0.29, 0.717) is 33.3 Å². The molecule has 0 saturated carbocycles. The van der Waals surface area contributed by atoms with Crippen molar-refractivity contribution in [2.75, 3.05) is 14.2 Å². The van der Waals surface area contributed by atoms with Crippen molar-refractivity contribution in [1.29, 1.82) is 0 Å². The van der Waals surface area contributed by atoms with Gasteiger partial charge in [-0.1, -0.05) is 41.9 Å². The van der Waals surface area contributed by atoms with Crippen LogP contribution in [0.2, 0.25) is 5.02 Å². The number of carboxylic acid groups (broad SMARTS) is 1. The predicted octanol–water partition coefficient (Wildman–Crippen LogP) is 4.37. The zero-order valence-electron chi connectivity index (χ0n) is 17.0. The summed E-state index contributed by atoms with van der Waals surface area (Å²) in [5.74, 6) is -0.562. The maximum absolute atomic E-state index is 13.0. The minimum absolute atomic E-state index is 0.101. The summed E-state index contributed by atoms with van der Waals surface area (Å²) in [5.41, 5.74) is 1.70. The molecular formula is C23H21ClN2O5. The standard InChI is InChI=1S/C23H21ClN2O5/c1-30-19-10-6-4-8-15(19)22-20(31-2)12-11-17(25-22)23(29)26-18(13-21(27)28)14-7-3-5-9-16(14)24/h3-12,18H,13H2,1-2H3,(H,26,29)(H,27,28). The molecule has 1 aromatic heterocycles. The summed E-state index contributed by atoms with van der Waals surface area (Å²) in [6.45, 7) is 0. The number of rotatable bonds is 8. The molecule has 0 saturated heterocycles.